The molecule has 0 saturated heterocycles. The number of benzene rings is 2. The van der Waals surface area contributed by atoms with Gasteiger partial charge in [-0.05, 0) is 23.3 Å². The van der Waals surface area contributed by atoms with Crippen LogP contribution in [0.15, 0.2) is 73.2 Å². The number of nitrogens with zero attached hydrogens (tertiary/aromatic N) is 5. The van der Waals surface area contributed by atoms with Crippen LogP contribution < -0.4 is 10.1 Å². The summed E-state index contributed by atoms with van der Waals surface area (Å²) in [7, 11) is 3.51. The van der Waals surface area contributed by atoms with E-state index in [1.165, 1.54) is 0 Å². The smallest absolute Gasteiger partial charge is 0.274 e. The Morgan fingerprint density at radius 3 is 2.57 bits per heavy atom. The molecule has 2 aromatic carbocycles. The summed E-state index contributed by atoms with van der Waals surface area (Å²) in [5, 5.41) is 11.2. The SMILES string of the molecule is COc1ccc(C(NC(=O)c2cn(Cc3ccccc3)nn2)c2nccn2C)cc1. The summed E-state index contributed by atoms with van der Waals surface area (Å²) in [6.45, 7) is 0.544. The summed E-state index contributed by atoms with van der Waals surface area (Å²) in [4.78, 5) is 17.4. The number of hydrogen-bond acceptors (Lipinski definition) is 5. The van der Waals surface area contributed by atoms with Gasteiger partial charge in [-0.25, -0.2) is 9.67 Å². The average Bonchev–Trinajstić information content (AvgIpc) is 3.42. The van der Waals surface area contributed by atoms with Crippen molar-refractivity contribution >= 4 is 5.91 Å². The van der Waals surface area contributed by atoms with Crippen molar-refractivity contribution in [3.05, 3.63) is 95.8 Å². The van der Waals surface area contributed by atoms with Crippen LogP contribution in [-0.4, -0.2) is 37.6 Å². The van der Waals surface area contributed by atoms with Crippen LogP contribution in [0.25, 0.3) is 0 Å². The Balaban J connectivity index is 1.55. The van der Waals surface area contributed by atoms with Gasteiger partial charge in [0.05, 0.1) is 19.9 Å². The first-order valence-corrected chi connectivity index (χ1v) is 9.50. The molecule has 0 saturated carbocycles. The molecule has 0 aliphatic rings. The van der Waals surface area contributed by atoms with Crippen molar-refractivity contribution in [2.24, 2.45) is 7.05 Å². The number of methoxy groups -OCH3 is 1. The molecule has 152 valence electrons. The zero-order valence-corrected chi connectivity index (χ0v) is 16.8. The van der Waals surface area contributed by atoms with Gasteiger partial charge in [0, 0.05) is 19.4 Å². The lowest BCUT2D eigenvalue weighted by atomic mass is 10.1. The van der Waals surface area contributed by atoms with Crippen LogP contribution in [0.3, 0.4) is 0 Å². The molecule has 1 unspecified atom stereocenters. The van der Waals surface area contributed by atoms with Gasteiger partial charge in [0.25, 0.3) is 5.91 Å². The lowest BCUT2D eigenvalue weighted by molar-refractivity contribution is 0.0936. The minimum atomic E-state index is -0.442. The van der Waals surface area contributed by atoms with E-state index < -0.39 is 6.04 Å². The van der Waals surface area contributed by atoms with Gasteiger partial charge < -0.3 is 14.6 Å². The summed E-state index contributed by atoms with van der Waals surface area (Å²) in [5.74, 6) is 1.14. The summed E-state index contributed by atoms with van der Waals surface area (Å²) in [6, 6.07) is 17.0. The molecule has 0 fully saturated rings. The predicted octanol–water partition coefficient (Wildman–Crippen LogP) is 2.59. The Labute approximate surface area is 174 Å². The lowest BCUT2D eigenvalue weighted by Crippen LogP contribution is -2.31. The van der Waals surface area contributed by atoms with Gasteiger partial charge in [0.15, 0.2) is 5.69 Å². The van der Waals surface area contributed by atoms with Crippen LogP contribution in [0.2, 0.25) is 0 Å². The van der Waals surface area contributed by atoms with Gasteiger partial charge in [0.1, 0.15) is 17.6 Å². The van der Waals surface area contributed by atoms with Gasteiger partial charge in [-0.3, -0.25) is 4.79 Å². The van der Waals surface area contributed by atoms with Crippen molar-refractivity contribution in [1.82, 2.24) is 29.9 Å². The zero-order valence-electron chi connectivity index (χ0n) is 16.8. The molecule has 1 atom stereocenters. The van der Waals surface area contributed by atoms with E-state index in [2.05, 4.69) is 20.6 Å². The number of amides is 1. The van der Waals surface area contributed by atoms with Gasteiger partial charge in [0.2, 0.25) is 0 Å². The standard InChI is InChI=1S/C22H22N6O2/c1-27-13-12-23-21(27)20(17-8-10-18(30-2)11-9-17)24-22(29)19-15-28(26-25-19)14-16-6-4-3-5-7-16/h3-13,15,20H,14H2,1-2H3,(H,24,29). The highest BCUT2D eigenvalue weighted by Gasteiger charge is 2.23. The maximum Gasteiger partial charge on any atom is 0.274 e. The number of rotatable bonds is 7. The van der Waals surface area contributed by atoms with E-state index in [0.29, 0.717) is 12.4 Å². The van der Waals surface area contributed by atoms with Gasteiger partial charge in [-0.2, -0.15) is 0 Å². The normalized spacial score (nSPS) is 11.8. The van der Waals surface area contributed by atoms with Crippen molar-refractivity contribution in [1.29, 1.82) is 0 Å². The van der Waals surface area contributed by atoms with Crippen LogP contribution in [0.5, 0.6) is 5.75 Å². The summed E-state index contributed by atoms with van der Waals surface area (Å²) in [5.41, 5.74) is 2.22. The fraction of sp³-hybridized carbons (Fsp3) is 0.182. The number of carbonyl (C=O) groups is 1. The Kier molecular flexibility index (Phi) is 5.56. The van der Waals surface area contributed by atoms with Crippen molar-refractivity contribution < 1.29 is 9.53 Å². The molecular weight excluding hydrogens is 380 g/mol. The van der Waals surface area contributed by atoms with Crippen LogP contribution in [0.1, 0.15) is 33.5 Å². The molecular formula is C22H22N6O2. The largest absolute Gasteiger partial charge is 0.497 e. The summed E-state index contributed by atoms with van der Waals surface area (Å²) in [6.07, 6.45) is 5.19. The maximum absolute atomic E-state index is 12.9. The molecule has 1 amide bonds. The molecule has 0 radical (unpaired) electrons. The number of ether oxygens (including phenoxy) is 1. The zero-order chi connectivity index (χ0) is 20.9. The van der Waals surface area contributed by atoms with E-state index in [-0.39, 0.29) is 11.6 Å². The number of nitrogens with one attached hydrogen (secondary N) is 1. The molecule has 30 heavy (non-hydrogen) atoms. The van der Waals surface area contributed by atoms with Crippen LogP contribution in [-0.2, 0) is 13.6 Å². The highest BCUT2D eigenvalue weighted by molar-refractivity contribution is 5.92. The third-order valence-electron chi connectivity index (χ3n) is 4.80. The second-order valence-electron chi connectivity index (χ2n) is 6.86. The van der Waals surface area contributed by atoms with E-state index in [1.807, 2.05) is 72.4 Å². The van der Waals surface area contributed by atoms with Crippen LogP contribution in [0.4, 0.5) is 0 Å². The molecule has 8 nitrogen and oxygen atoms in total. The van der Waals surface area contributed by atoms with Gasteiger partial charge in [-0.1, -0.05) is 47.7 Å². The monoisotopic (exact) mass is 402 g/mol. The van der Waals surface area contributed by atoms with Gasteiger partial charge in [-0.15, -0.1) is 5.10 Å². The van der Waals surface area contributed by atoms with Crippen molar-refractivity contribution in [3.8, 4) is 5.75 Å². The Morgan fingerprint density at radius 2 is 1.90 bits per heavy atom. The molecule has 0 aliphatic carbocycles. The number of imidazole rings is 1. The molecule has 0 bridgehead atoms. The second kappa shape index (κ2) is 8.60. The molecule has 4 aromatic rings. The number of carbonyl (C=O) groups excluding carboxylic acids is 1. The third-order valence-corrected chi connectivity index (χ3v) is 4.80. The van der Waals surface area contributed by atoms with Crippen molar-refractivity contribution in [2.45, 2.75) is 12.6 Å². The second-order valence-corrected chi connectivity index (χ2v) is 6.86. The minimum absolute atomic E-state index is 0.249. The van der Waals surface area contributed by atoms with Crippen molar-refractivity contribution in [3.63, 3.8) is 0 Å². The van der Waals surface area contributed by atoms with E-state index >= 15 is 0 Å². The van der Waals surface area contributed by atoms with Crippen molar-refractivity contribution in [2.75, 3.05) is 7.11 Å². The van der Waals surface area contributed by atoms with Crippen LogP contribution in [0, 0.1) is 0 Å². The van der Waals surface area contributed by atoms with Gasteiger partial charge >= 0.3 is 0 Å². The number of hydrogen-bond donors (Lipinski definition) is 1. The molecule has 1 N–H and O–H groups in total. The molecule has 2 aromatic heterocycles. The highest BCUT2D eigenvalue weighted by Crippen LogP contribution is 2.23. The molecule has 8 heteroatoms. The van der Waals surface area contributed by atoms with E-state index in [1.54, 1.807) is 24.2 Å². The molecule has 0 aliphatic heterocycles. The lowest BCUT2D eigenvalue weighted by Gasteiger charge is -2.19. The summed E-state index contributed by atoms with van der Waals surface area (Å²) >= 11 is 0. The first kappa shape index (κ1) is 19.4. The number of aryl methyl sites for hydroxylation is 1. The van der Waals surface area contributed by atoms with E-state index in [4.69, 9.17) is 4.74 Å². The first-order valence-electron chi connectivity index (χ1n) is 9.50. The van der Waals surface area contributed by atoms with Crippen LogP contribution >= 0.6 is 0 Å². The quantitative estimate of drug-likeness (QED) is 0.513. The Bertz CT molecular complexity index is 1120. The molecule has 4 rings (SSSR count). The average molecular weight is 402 g/mol. The third kappa shape index (κ3) is 4.22. The Morgan fingerprint density at radius 1 is 1.13 bits per heavy atom. The highest BCUT2D eigenvalue weighted by atomic mass is 16.5. The first-order chi connectivity index (χ1) is 14.6. The Hall–Kier alpha value is -3.94. The van der Waals surface area contributed by atoms with E-state index in [9.17, 15) is 4.79 Å². The minimum Gasteiger partial charge on any atom is -0.497 e. The molecule has 0 spiro atoms. The summed E-state index contributed by atoms with van der Waals surface area (Å²) < 4.78 is 8.76. The predicted molar refractivity (Wildman–Crippen MR) is 111 cm³/mol. The topological polar surface area (TPSA) is 86.9 Å². The maximum atomic E-state index is 12.9. The fourth-order valence-corrected chi connectivity index (χ4v) is 3.20. The molecule has 2 heterocycles. The van der Waals surface area contributed by atoms with E-state index in [0.717, 1.165) is 16.9 Å². The number of aromatic nitrogens is 5. The fourth-order valence-electron chi connectivity index (χ4n) is 3.20.